The molecule has 1 amide bonds. The van der Waals surface area contributed by atoms with Gasteiger partial charge in [-0.3, -0.25) is 9.89 Å². The van der Waals surface area contributed by atoms with Crippen molar-refractivity contribution in [1.82, 2.24) is 24.6 Å². The molecule has 2 heterocycles. The van der Waals surface area contributed by atoms with Gasteiger partial charge < -0.3 is 15.2 Å². The summed E-state index contributed by atoms with van der Waals surface area (Å²) in [5.41, 5.74) is 6.98. The van der Waals surface area contributed by atoms with Crippen molar-refractivity contribution in [2.45, 2.75) is 33.4 Å². The van der Waals surface area contributed by atoms with Crippen molar-refractivity contribution in [1.29, 1.82) is 0 Å². The van der Waals surface area contributed by atoms with E-state index in [1.807, 2.05) is 11.5 Å². The Bertz CT molecular complexity index is 600. The molecule has 0 aliphatic rings. The minimum Gasteiger partial charge on any atom is -0.397 e. The van der Waals surface area contributed by atoms with Gasteiger partial charge >= 0.3 is 0 Å². The molecular formula is C13H20N6O. The Labute approximate surface area is 117 Å². The quantitative estimate of drug-likeness (QED) is 0.857. The van der Waals surface area contributed by atoms with Gasteiger partial charge in [-0.15, -0.1) is 0 Å². The fraction of sp³-hybridized carbons (Fsp3) is 0.462. The number of anilines is 1. The van der Waals surface area contributed by atoms with Crippen LogP contribution in [0.25, 0.3) is 0 Å². The number of H-pyrrole nitrogens is 1. The molecule has 0 unspecified atom stereocenters. The number of nitrogen functional groups attached to an aromatic ring is 1. The van der Waals surface area contributed by atoms with E-state index in [4.69, 9.17) is 5.73 Å². The average Bonchev–Trinajstić information content (AvgIpc) is 2.95. The third-order valence-electron chi connectivity index (χ3n) is 2.97. The average molecular weight is 276 g/mol. The van der Waals surface area contributed by atoms with Crippen LogP contribution in [0, 0.1) is 6.92 Å². The number of aromatic nitrogens is 4. The van der Waals surface area contributed by atoms with Crippen molar-refractivity contribution in [3.8, 4) is 0 Å². The number of hydrogen-bond donors (Lipinski definition) is 2. The molecule has 2 aromatic rings. The fourth-order valence-electron chi connectivity index (χ4n) is 2.08. The highest BCUT2D eigenvalue weighted by Crippen LogP contribution is 2.14. The molecular weight excluding hydrogens is 256 g/mol. The molecule has 7 nitrogen and oxygen atoms in total. The molecule has 0 bridgehead atoms. The largest absolute Gasteiger partial charge is 0.397 e. The van der Waals surface area contributed by atoms with Crippen LogP contribution in [0.15, 0.2) is 12.3 Å². The molecule has 108 valence electrons. The molecule has 0 fully saturated rings. The van der Waals surface area contributed by atoms with Crippen molar-refractivity contribution < 1.29 is 4.79 Å². The van der Waals surface area contributed by atoms with Gasteiger partial charge in [-0.05, 0) is 19.4 Å². The summed E-state index contributed by atoms with van der Waals surface area (Å²) in [5.74, 6) is 1.25. The van der Waals surface area contributed by atoms with Crippen LogP contribution in [0.5, 0.6) is 0 Å². The Morgan fingerprint density at radius 3 is 2.90 bits per heavy atom. The Kier molecular flexibility index (Phi) is 4.07. The van der Waals surface area contributed by atoms with E-state index in [-0.39, 0.29) is 5.91 Å². The highest BCUT2D eigenvalue weighted by atomic mass is 16.2. The summed E-state index contributed by atoms with van der Waals surface area (Å²) in [6, 6.07) is 1.71. The number of aromatic amines is 1. The van der Waals surface area contributed by atoms with Crippen LogP contribution < -0.4 is 5.73 Å². The number of amides is 1. The number of carbonyl (C=O) groups is 1. The summed E-state index contributed by atoms with van der Waals surface area (Å²) in [5, 5.41) is 6.80. The highest BCUT2D eigenvalue weighted by Gasteiger charge is 2.18. The summed E-state index contributed by atoms with van der Waals surface area (Å²) in [7, 11) is 1.73. The molecule has 0 aromatic carbocycles. The SMILES string of the molecule is CCCn1cc(N)cc1C(=O)N(C)Cc1n[nH]c(C)n1. The molecule has 0 saturated carbocycles. The molecule has 0 spiro atoms. The van der Waals surface area contributed by atoms with E-state index in [1.54, 1.807) is 24.2 Å². The predicted molar refractivity (Wildman–Crippen MR) is 76.1 cm³/mol. The molecule has 0 atom stereocenters. The second kappa shape index (κ2) is 5.77. The molecule has 0 aliphatic heterocycles. The zero-order valence-corrected chi connectivity index (χ0v) is 12.1. The van der Waals surface area contributed by atoms with Gasteiger partial charge in [0.2, 0.25) is 0 Å². The Morgan fingerprint density at radius 1 is 1.55 bits per heavy atom. The molecule has 0 radical (unpaired) electrons. The Balaban J connectivity index is 2.13. The number of carbonyl (C=O) groups excluding carboxylic acids is 1. The maximum atomic E-state index is 12.4. The minimum absolute atomic E-state index is 0.0856. The van der Waals surface area contributed by atoms with Crippen molar-refractivity contribution in [2.24, 2.45) is 0 Å². The normalized spacial score (nSPS) is 10.8. The first-order valence-corrected chi connectivity index (χ1v) is 6.60. The predicted octanol–water partition coefficient (Wildman–Crippen LogP) is 1.18. The van der Waals surface area contributed by atoms with Crippen LogP contribution >= 0.6 is 0 Å². The molecule has 7 heteroatoms. The Hall–Kier alpha value is -2.31. The summed E-state index contributed by atoms with van der Waals surface area (Å²) in [4.78, 5) is 18.2. The van der Waals surface area contributed by atoms with E-state index in [2.05, 4.69) is 22.1 Å². The van der Waals surface area contributed by atoms with Crippen LogP contribution in [-0.4, -0.2) is 37.6 Å². The van der Waals surface area contributed by atoms with Crippen LogP contribution in [-0.2, 0) is 13.1 Å². The third-order valence-corrected chi connectivity index (χ3v) is 2.97. The fourth-order valence-corrected chi connectivity index (χ4v) is 2.08. The smallest absolute Gasteiger partial charge is 0.270 e. The molecule has 3 N–H and O–H groups in total. The standard InChI is InChI=1S/C13H20N6O/c1-4-5-19-7-10(14)6-11(19)13(20)18(3)8-12-15-9(2)16-17-12/h6-7H,4-5,8,14H2,1-3H3,(H,15,16,17). The first-order valence-electron chi connectivity index (χ1n) is 6.60. The number of nitrogens with two attached hydrogens (primary N) is 1. The lowest BCUT2D eigenvalue weighted by Crippen LogP contribution is -2.28. The van der Waals surface area contributed by atoms with Crippen LogP contribution in [0.3, 0.4) is 0 Å². The van der Waals surface area contributed by atoms with Gasteiger partial charge in [-0.2, -0.15) is 5.10 Å². The van der Waals surface area contributed by atoms with E-state index >= 15 is 0 Å². The van der Waals surface area contributed by atoms with Crippen molar-refractivity contribution >= 4 is 11.6 Å². The minimum atomic E-state index is -0.0856. The lowest BCUT2D eigenvalue weighted by atomic mass is 10.3. The van der Waals surface area contributed by atoms with Crippen LogP contribution in [0.2, 0.25) is 0 Å². The van der Waals surface area contributed by atoms with Crippen LogP contribution in [0.4, 0.5) is 5.69 Å². The number of aryl methyl sites for hydroxylation is 2. The van der Waals surface area contributed by atoms with E-state index < -0.39 is 0 Å². The lowest BCUT2D eigenvalue weighted by molar-refractivity contribution is 0.0771. The van der Waals surface area contributed by atoms with Crippen molar-refractivity contribution in [3.05, 3.63) is 29.6 Å². The Morgan fingerprint density at radius 2 is 2.30 bits per heavy atom. The van der Waals surface area contributed by atoms with Gasteiger partial charge in [-0.1, -0.05) is 6.92 Å². The maximum Gasteiger partial charge on any atom is 0.270 e. The maximum absolute atomic E-state index is 12.4. The molecule has 2 aromatic heterocycles. The van der Waals surface area contributed by atoms with Gasteiger partial charge in [0.1, 0.15) is 11.5 Å². The number of nitrogens with one attached hydrogen (secondary N) is 1. The van der Waals surface area contributed by atoms with Gasteiger partial charge in [0.15, 0.2) is 5.82 Å². The molecule has 20 heavy (non-hydrogen) atoms. The second-order valence-electron chi connectivity index (χ2n) is 4.85. The molecule has 0 saturated heterocycles. The van der Waals surface area contributed by atoms with E-state index in [1.165, 1.54) is 0 Å². The first kappa shape index (κ1) is 14.1. The zero-order valence-electron chi connectivity index (χ0n) is 12.1. The second-order valence-corrected chi connectivity index (χ2v) is 4.85. The van der Waals surface area contributed by atoms with Gasteiger partial charge in [-0.25, -0.2) is 4.98 Å². The lowest BCUT2D eigenvalue weighted by Gasteiger charge is -2.16. The van der Waals surface area contributed by atoms with E-state index in [0.29, 0.717) is 23.8 Å². The summed E-state index contributed by atoms with van der Waals surface area (Å²) in [6.07, 6.45) is 2.74. The van der Waals surface area contributed by atoms with Gasteiger partial charge in [0.25, 0.3) is 5.91 Å². The first-order chi connectivity index (χ1) is 9.51. The van der Waals surface area contributed by atoms with E-state index in [0.717, 1.165) is 18.8 Å². The number of nitrogens with zero attached hydrogens (tertiary/aromatic N) is 4. The van der Waals surface area contributed by atoms with Gasteiger partial charge in [0.05, 0.1) is 12.2 Å². The van der Waals surface area contributed by atoms with Crippen molar-refractivity contribution in [2.75, 3.05) is 12.8 Å². The zero-order chi connectivity index (χ0) is 14.7. The van der Waals surface area contributed by atoms with Gasteiger partial charge in [0, 0.05) is 19.8 Å². The number of rotatable bonds is 5. The van der Waals surface area contributed by atoms with Crippen molar-refractivity contribution in [3.63, 3.8) is 0 Å². The summed E-state index contributed by atoms with van der Waals surface area (Å²) >= 11 is 0. The molecule has 2 rings (SSSR count). The highest BCUT2D eigenvalue weighted by molar-refractivity contribution is 5.93. The molecule has 0 aliphatic carbocycles. The van der Waals surface area contributed by atoms with E-state index in [9.17, 15) is 4.79 Å². The monoisotopic (exact) mass is 276 g/mol. The summed E-state index contributed by atoms with van der Waals surface area (Å²) in [6.45, 7) is 5.02. The summed E-state index contributed by atoms with van der Waals surface area (Å²) < 4.78 is 1.89. The van der Waals surface area contributed by atoms with Crippen LogP contribution in [0.1, 0.15) is 35.5 Å². The topological polar surface area (TPSA) is 92.8 Å². The number of hydrogen-bond acceptors (Lipinski definition) is 4. The third kappa shape index (κ3) is 2.98.